The van der Waals surface area contributed by atoms with Crippen LogP contribution >= 0.6 is 0 Å². The Morgan fingerprint density at radius 2 is 2.00 bits per heavy atom. The van der Waals surface area contributed by atoms with Gasteiger partial charge in [0.05, 0.1) is 11.6 Å². The molecule has 142 valence electrons. The summed E-state index contributed by atoms with van der Waals surface area (Å²) in [4.78, 5) is 14.3. The molecule has 1 spiro atoms. The van der Waals surface area contributed by atoms with Crippen molar-refractivity contribution in [3.8, 4) is 0 Å². The molecule has 4 rings (SSSR count). The second-order valence-corrected chi connectivity index (χ2v) is 8.69. The fourth-order valence-corrected chi connectivity index (χ4v) is 5.20. The monoisotopic (exact) mass is 360 g/mol. The van der Waals surface area contributed by atoms with E-state index in [-0.39, 0.29) is 23.7 Å². The Hall–Kier alpha value is -1.62. The largest absolute Gasteiger partial charge is 0.396 e. The molecule has 3 fully saturated rings. The quantitative estimate of drug-likeness (QED) is 0.870. The molecule has 2 aliphatic heterocycles. The van der Waals surface area contributed by atoms with E-state index in [9.17, 15) is 14.3 Å². The Labute approximate surface area is 154 Å². The fraction of sp³-hybridized carbons (Fsp3) is 0.667. The average molecular weight is 360 g/mol. The van der Waals surface area contributed by atoms with Crippen molar-refractivity contribution in [2.24, 2.45) is 11.3 Å². The molecule has 1 aliphatic carbocycles. The Bertz CT molecular complexity index is 677. The molecule has 1 amide bonds. The van der Waals surface area contributed by atoms with Crippen LogP contribution in [0.2, 0.25) is 0 Å². The number of aliphatic hydroxyl groups is 1. The third kappa shape index (κ3) is 3.22. The normalized spacial score (nSPS) is 28.7. The number of carbonyl (C=O) groups is 1. The van der Waals surface area contributed by atoms with Crippen molar-refractivity contribution < 1.29 is 14.3 Å². The number of hydrogen-bond donors (Lipinski definition) is 2. The molecule has 4 nitrogen and oxygen atoms in total. The lowest BCUT2D eigenvalue weighted by Crippen LogP contribution is -2.48. The van der Waals surface area contributed by atoms with Crippen molar-refractivity contribution >= 4 is 11.6 Å². The molecule has 26 heavy (non-hydrogen) atoms. The van der Waals surface area contributed by atoms with Crippen molar-refractivity contribution in [1.29, 1.82) is 0 Å². The predicted octanol–water partition coefficient (Wildman–Crippen LogP) is 3.20. The topological polar surface area (TPSA) is 52.6 Å². The molecule has 3 aliphatic rings. The van der Waals surface area contributed by atoms with Crippen LogP contribution in [0.3, 0.4) is 0 Å². The number of nitrogens with zero attached hydrogens (tertiary/aromatic N) is 1. The summed E-state index contributed by atoms with van der Waals surface area (Å²) in [5.41, 5.74) is 1.83. The Kier molecular flexibility index (Phi) is 4.68. The number of nitrogens with one attached hydrogen (secondary N) is 1. The van der Waals surface area contributed by atoms with Crippen LogP contribution in [0.1, 0.15) is 56.9 Å². The average Bonchev–Trinajstić information content (AvgIpc) is 2.60. The Morgan fingerprint density at radius 1 is 1.27 bits per heavy atom. The van der Waals surface area contributed by atoms with Crippen molar-refractivity contribution in [2.75, 3.05) is 24.6 Å². The lowest BCUT2D eigenvalue weighted by molar-refractivity contribution is -0.124. The summed E-state index contributed by atoms with van der Waals surface area (Å²) in [6, 6.07) is 5.55. The van der Waals surface area contributed by atoms with Crippen molar-refractivity contribution in [3.05, 3.63) is 29.6 Å². The molecule has 1 aromatic carbocycles. The number of rotatable bonds is 3. The first-order valence-corrected chi connectivity index (χ1v) is 9.95. The number of hydrogen-bond acceptors (Lipinski definition) is 3. The van der Waals surface area contributed by atoms with E-state index in [0.29, 0.717) is 23.6 Å². The number of carbonyl (C=O) groups excluding carboxylic acids is 1. The van der Waals surface area contributed by atoms with E-state index in [1.54, 1.807) is 6.07 Å². The zero-order valence-electron chi connectivity index (χ0n) is 15.5. The SMILES string of the molecule is CC1CCC(c2ccc(N3CCC4(CC3)CC(CO)C4)c(F)c2)C(=O)N1. The number of aliphatic hydroxyl groups excluding tert-OH is 1. The first kappa shape index (κ1) is 17.8. The molecule has 5 heteroatoms. The Balaban J connectivity index is 1.42. The van der Waals surface area contributed by atoms with E-state index in [1.807, 2.05) is 19.1 Å². The predicted molar refractivity (Wildman–Crippen MR) is 99.7 cm³/mol. The molecule has 2 saturated heterocycles. The smallest absolute Gasteiger partial charge is 0.227 e. The lowest BCUT2D eigenvalue weighted by Gasteiger charge is -2.52. The maximum absolute atomic E-state index is 14.8. The second kappa shape index (κ2) is 6.84. The minimum Gasteiger partial charge on any atom is -0.396 e. The molecular weight excluding hydrogens is 331 g/mol. The first-order valence-electron chi connectivity index (χ1n) is 9.95. The number of halogens is 1. The highest BCUT2D eigenvalue weighted by Gasteiger charge is 2.45. The van der Waals surface area contributed by atoms with Crippen molar-refractivity contribution in [2.45, 2.75) is 57.4 Å². The minimum atomic E-state index is -0.232. The zero-order chi connectivity index (χ0) is 18.3. The summed E-state index contributed by atoms with van der Waals surface area (Å²) in [5, 5.41) is 12.2. The van der Waals surface area contributed by atoms with Gasteiger partial charge in [0, 0.05) is 25.7 Å². The van der Waals surface area contributed by atoms with Gasteiger partial charge in [0.1, 0.15) is 5.82 Å². The third-order valence-electron chi connectivity index (χ3n) is 6.83. The highest BCUT2D eigenvalue weighted by molar-refractivity contribution is 5.84. The van der Waals surface area contributed by atoms with Crippen LogP contribution in [-0.2, 0) is 4.79 Å². The van der Waals surface area contributed by atoms with Crippen LogP contribution in [0.5, 0.6) is 0 Å². The van der Waals surface area contributed by atoms with Crippen LogP contribution < -0.4 is 10.2 Å². The van der Waals surface area contributed by atoms with Gasteiger partial charge in [0.25, 0.3) is 0 Å². The van der Waals surface area contributed by atoms with Gasteiger partial charge in [-0.1, -0.05) is 6.07 Å². The van der Waals surface area contributed by atoms with Gasteiger partial charge in [-0.15, -0.1) is 0 Å². The molecule has 2 unspecified atom stereocenters. The fourth-order valence-electron chi connectivity index (χ4n) is 5.20. The standard InChI is InChI=1S/C21H29FN2O2/c1-14-2-4-17(20(26)23-14)16-3-5-19(18(22)10-16)24-8-6-21(7-9-24)11-15(12-21)13-25/h3,5,10,14-15,17,25H,2,4,6-9,11-13H2,1H3,(H,23,26). The summed E-state index contributed by atoms with van der Waals surface area (Å²) in [6.45, 7) is 4.05. The van der Waals surface area contributed by atoms with Gasteiger partial charge in [-0.25, -0.2) is 4.39 Å². The summed E-state index contributed by atoms with van der Waals surface area (Å²) in [5.74, 6) is 0.0395. The summed E-state index contributed by atoms with van der Waals surface area (Å²) in [7, 11) is 0. The summed E-state index contributed by atoms with van der Waals surface area (Å²) < 4.78 is 14.8. The number of amides is 1. The molecule has 0 radical (unpaired) electrons. The molecule has 1 saturated carbocycles. The van der Waals surface area contributed by atoms with E-state index in [4.69, 9.17) is 0 Å². The van der Waals surface area contributed by atoms with Crippen LogP contribution in [0.25, 0.3) is 0 Å². The van der Waals surface area contributed by atoms with Crippen LogP contribution in [0, 0.1) is 17.2 Å². The van der Waals surface area contributed by atoms with E-state index in [0.717, 1.165) is 57.2 Å². The van der Waals surface area contributed by atoms with Crippen LogP contribution in [0.15, 0.2) is 18.2 Å². The van der Waals surface area contributed by atoms with Crippen molar-refractivity contribution in [1.82, 2.24) is 5.32 Å². The minimum absolute atomic E-state index is 0.0132. The highest BCUT2D eigenvalue weighted by Crippen LogP contribution is 2.52. The molecule has 2 heterocycles. The van der Waals surface area contributed by atoms with Gasteiger partial charge in [0.2, 0.25) is 5.91 Å². The molecule has 1 aromatic rings. The molecule has 2 N–H and O–H groups in total. The first-order chi connectivity index (χ1) is 12.5. The van der Waals surface area contributed by atoms with Gasteiger partial charge in [0.15, 0.2) is 0 Å². The van der Waals surface area contributed by atoms with Crippen LogP contribution in [-0.4, -0.2) is 36.8 Å². The lowest BCUT2D eigenvalue weighted by atomic mass is 9.58. The Morgan fingerprint density at radius 3 is 2.62 bits per heavy atom. The molecule has 0 aromatic heterocycles. The van der Waals surface area contributed by atoms with E-state index in [1.165, 1.54) is 0 Å². The highest BCUT2D eigenvalue weighted by atomic mass is 19.1. The maximum Gasteiger partial charge on any atom is 0.227 e. The van der Waals surface area contributed by atoms with Crippen LogP contribution in [0.4, 0.5) is 10.1 Å². The summed E-state index contributed by atoms with van der Waals surface area (Å²) in [6.07, 6.45) is 6.11. The molecule has 2 atom stereocenters. The summed E-state index contributed by atoms with van der Waals surface area (Å²) >= 11 is 0. The molecular formula is C21H29FN2O2. The zero-order valence-corrected chi connectivity index (χ0v) is 15.5. The third-order valence-corrected chi connectivity index (χ3v) is 6.83. The van der Waals surface area contributed by atoms with Gasteiger partial charge in [-0.2, -0.15) is 0 Å². The van der Waals surface area contributed by atoms with Gasteiger partial charge in [-0.3, -0.25) is 4.79 Å². The van der Waals surface area contributed by atoms with Crippen molar-refractivity contribution in [3.63, 3.8) is 0 Å². The van der Waals surface area contributed by atoms with E-state index in [2.05, 4.69) is 10.2 Å². The number of piperidine rings is 2. The van der Waals surface area contributed by atoms with Gasteiger partial charge in [-0.05, 0) is 74.5 Å². The van der Waals surface area contributed by atoms with E-state index < -0.39 is 0 Å². The van der Waals surface area contributed by atoms with E-state index >= 15 is 0 Å². The maximum atomic E-state index is 14.8. The number of anilines is 1. The van der Waals surface area contributed by atoms with Gasteiger partial charge >= 0.3 is 0 Å². The number of benzene rings is 1. The van der Waals surface area contributed by atoms with Gasteiger partial charge < -0.3 is 15.3 Å². The second-order valence-electron chi connectivity index (χ2n) is 8.69. The molecule has 0 bridgehead atoms.